The zero-order valence-electron chi connectivity index (χ0n) is 8.68. The molecule has 2 aromatic rings. The van der Waals surface area contributed by atoms with Crippen LogP contribution in [-0.4, -0.2) is 11.7 Å². The van der Waals surface area contributed by atoms with E-state index >= 15 is 0 Å². The van der Waals surface area contributed by atoms with E-state index in [2.05, 4.69) is 4.57 Å². The molecule has 15 heavy (non-hydrogen) atoms. The van der Waals surface area contributed by atoms with Crippen LogP contribution in [0.4, 0.5) is 5.69 Å². The summed E-state index contributed by atoms with van der Waals surface area (Å²) in [6.07, 6.45) is 2.01. The highest BCUT2D eigenvalue weighted by atomic mass is 16.5. The Morgan fingerprint density at radius 1 is 1.20 bits per heavy atom. The Bertz CT molecular complexity index is 431. The summed E-state index contributed by atoms with van der Waals surface area (Å²) in [5.41, 5.74) is 8.65. The lowest BCUT2D eigenvalue weighted by Gasteiger charge is -2.08. The Morgan fingerprint density at radius 2 is 1.93 bits per heavy atom. The fourth-order valence-electron chi connectivity index (χ4n) is 1.57. The summed E-state index contributed by atoms with van der Waals surface area (Å²) in [5.74, 6) is 0. The number of rotatable bonds is 3. The molecule has 0 amide bonds. The summed E-state index contributed by atoms with van der Waals surface area (Å²) in [6.45, 7) is 0.609. The monoisotopic (exact) mass is 202 g/mol. The second-order valence-electron chi connectivity index (χ2n) is 3.39. The van der Waals surface area contributed by atoms with Crippen molar-refractivity contribution in [2.24, 2.45) is 0 Å². The molecule has 0 saturated carbocycles. The first-order valence-corrected chi connectivity index (χ1v) is 4.82. The van der Waals surface area contributed by atoms with Gasteiger partial charge in [-0.3, -0.25) is 0 Å². The topological polar surface area (TPSA) is 40.2 Å². The lowest BCUT2D eigenvalue weighted by atomic mass is 10.3. The van der Waals surface area contributed by atoms with Crippen LogP contribution >= 0.6 is 0 Å². The first kappa shape index (κ1) is 9.80. The molecule has 1 aromatic heterocycles. The SMILES string of the molecule is COCc1cccn1-c1ccc(N)cc1. The smallest absolute Gasteiger partial charge is 0.0867 e. The van der Waals surface area contributed by atoms with Gasteiger partial charge in [0, 0.05) is 30.4 Å². The molecule has 0 spiro atoms. The molecule has 78 valence electrons. The minimum absolute atomic E-state index is 0.609. The van der Waals surface area contributed by atoms with Crippen molar-refractivity contribution < 1.29 is 4.74 Å². The fourth-order valence-corrected chi connectivity index (χ4v) is 1.57. The number of nitrogens with two attached hydrogens (primary N) is 1. The lowest BCUT2D eigenvalue weighted by molar-refractivity contribution is 0.180. The van der Waals surface area contributed by atoms with E-state index in [1.807, 2.05) is 42.6 Å². The van der Waals surface area contributed by atoms with Crippen LogP contribution in [0.25, 0.3) is 5.69 Å². The van der Waals surface area contributed by atoms with Crippen molar-refractivity contribution >= 4 is 5.69 Å². The van der Waals surface area contributed by atoms with Crippen molar-refractivity contribution in [2.75, 3.05) is 12.8 Å². The molecule has 0 fully saturated rings. The summed E-state index contributed by atoms with van der Waals surface area (Å²) < 4.78 is 7.21. The molecule has 0 aliphatic carbocycles. The average molecular weight is 202 g/mol. The van der Waals surface area contributed by atoms with E-state index < -0.39 is 0 Å². The Hall–Kier alpha value is -1.74. The van der Waals surface area contributed by atoms with Crippen molar-refractivity contribution in [2.45, 2.75) is 6.61 Å². The van der Waals surface area contributed by atoms with Gasteiger partial charge in [-0.15, -0.1) is 0 Å². The number of methoxy groups -OCH3 is 1. The molecule has 0 bridgehead atoms. The molecule has 2 rings (SSSR count). The van der Waals surface area contributed by atoms with E-state index in [0.29, 0.717) is 6.61 Å². The highest BCUT2D eigenvalue weighted by Gasteiger charge is 2.01. The highest BCUT2D eigenvalue weighted by molar-refractivity contribution is 5.45. The number of nitrogens with zero attached hydrogens (tertiary/aromatic N) is 1. The average Bonchev–Trinajstić information content (AvgIpc) is 2.68. The maximum Gasteiger partial charge on any atom is 0.0867 e. The Morgan fingerprint density at radius 3 is 2.60 bits per heavy atom. The molecule has 0 unspecified atom stereocenters. The van der Waals surface area contributed by atoms with Crippen LogP contribution in [0.1, 0.15) is 5.69 Å². The Kier molecular flexibility index (Phi) is 2.74. The van der Waals surface area contributed by atoms with Crippen LogP contribution in [0.3, 0.4) is 0 Å². The van der Waals surface area contributed by atoms with Crippen molar-refractivity contribution in [1.82, 2.24) is 4.57 Å². The first-order valence-electron chi connectivity index (χ1n) is 4.82. The molecule has 0 radical (unpaired) electrons. The van der Waals surface area contributed by atoms with E-state index in [0.717, 1.165) is 17.1 Å². The van der Waals surface area contributed by atoms with Gasteiger partial charge in [-0.25, -0.2) is 0 Å². The summed E-state index contributed by atoms with van der Waals surface area (Å²) in [4.78, 5) is 0. The second-order valence-corrected chi connectivity index (χ2v) is 3.39. The van der Waals surface area contributed by atoms with Crippen LogP contribution in [0.15, 0.2) is 42.6 Å². The van der Waals surface area contributed by atoms with E-state index in [1.165, 1.54) is 0 Å². The van der Waals surface area contributed by atoms with Crippen LogP contribution in [0.5, 0.6) is 0 Å². The Balaban J connectivity index is 2.36. The molecule has 0 saturated heterocycles. The molecular weight excluding hydrogens is 188 g/mol. The minimum Gasteiger partial charge on any atom is -0.399 e. The van der Waals surface area contributed by atoms with Crippen LogP contribution in [0.2, 0.25) is 0 Å². The zero-order valence-corrected chi connectivity index (χ0v) is 8.68. The molecule has 0 aliphatic heterocycles. The van der Waals surface area contributed by atoms with Gasteiger partial charge >= 0.3 is 0 Å². The second kappa shape index (κ2) is 4.19. The van der Waals surface area contributed by atoms with Crippen LogP contribution in [0, 0.1) is 0 Å². The number of hydrogen-bond acceptors (Lipinski definition) is 2. The lowest BCUT2D eigenvalue weighted by Crippen LogP contribution is -2.00. The van der Waals surface area contributed by atoms with Crippen molar-refractivity contribution in [3.63, 3.8) is 0 Å². The molecule has 0 atom stereocenters. The fraction of sp³-hybridized carbons (Fsp3) is 0.167. The van der Waals surface area contributed by atoms with Crippen molar-refractivity contribution in [1.29, 1.82) is 0 Å². The normalized spacial score (nSPS) is 10.5. The third-order valence-electron chi connectivity index (χ3n) is 2.30. The molecule has 3 nitrogen and oxygen atoms in total. The maximum atomic E-state index is 5.64. The molecule has 0 aliphatic rings. The van der Waals surface area contributed by atoms with Gasteiger partial charge in [-0.2, -0.15) is 0 Å². The Labute approximate surface area is 89.1 Å². The number of ether oxygens (including phenoxy) is 1. The summed E-state index contributed by atoms with van der Waals surface area (Å²) in [7, 11) is 1.69. The summed E-state index contributed by atoms with van der Waals surface area (Å²) in [6, 6.07) is 11.8. The van der Waals surface area contributed by atoms with E-state index in [-0.39, 0.29) is 0 Å². The third kappa shape index (κ3) is 2.02. The van der Waals surface area contributed by atoms with Gasteiger partial charge in [0.05, 0.1) is 6.61 Å². The van der Waals surface area contributed by atoms with E-state index in [1.54, 1.807) is 7.11 Å². The van der Waals surface area contributed by atoms with Crippen molar-refractivity contribution in [3.8, 4) is 5.69 Å². The van der Waals surface area contributed by atoms with Gasteiger partial charge in [-0.05, 0) is 36.4 Å². The maximum absolute atomic E-state index is 5.64. The van der Waals surface area contributed by atoms with Gasteiger partial charge in [0.25, 0.3) is 0 Å². The number of nitrogen functional groups attached to an aromatic ring is 1. The number of hydrogen-bond donors (Lipinski definition) is 1. The largest absolute Gasteiger partial charge is 0.399 e. The summed E-state index contributed by atoms with van der Waals surface area (Å²) >= 11 is 0. The molecule has 2 N–H and O–H groups in total. The third-order valence-corrected chi connectivity index (χ3v) is 2.30. The first-order chi connectivity index (χ1) is 7.31. The van der Waals surface area contributed by atoms with Crippen molar-refractivity contribution in [3.05, 3.63) is 48.3 Å². The number of anilines is 1. The summed E-state index contributed by atoms with van der Waals surface area (Å²) in [5, 5.41) is 0. The van der Waals surface area contributed by atoms with Crippen LogP contribution in [-0.2, 0) is 11.3 Å². The van der Waals surface area contributed by atoms with Gasteiger partial charge < -0.3 is 15.0 Å². The van der Waals surface area contributed by atoms with Gasteiger partial charge in [0.1, 0.15) is 0 Å². The number of benzene rings is 1. The standard InChI is InChI=1S/C12H14N2O/c1-15-9-12-3-2-8-14(12)11-6-4-10(13)5-7-11/h2-8H,9,13H2,1H3. The molecule has 1 heterocycles. The van der Waals surface area contributed by atoms with Gasteiger partial charge in [-0.1, -0.05) is 0 Å². The molecule has 3 heteroatoms. The van der Waals surface area contributed by atoms with E-state index in [4.69, 9.17) is 10.5 Å². The predicted molar refractivity (Wildman–Crippen MR) is 60.9 cm³/mol. The molecule has 1 aromatic carbocycles. The van der Waals surface area contributed by atoms with Gasteiger partial charge in [0.2, 0.25) is 0 Å². The predicted octanol–water partition coefficient (Wildman–Crippen LogP) is 2.21. The zero-order chi connectivity index (χ0) is 10.7. The highest BCUT2D eigenvalue weighted by Crippen LogP contribution is 2.14. The quantitative estimate of drug-likeness (QED) is 0.775. The van der Waals surface area contributed by atoms with Crippen LogP contribution < -0.4 is 5.73 Å². The minimum atomic E-state index is 0.609. The number of aromatic nitrogens is 1. The molecular formula is C12H14N2O. The van der Waals surface area contributed by atoms with Gasteiger partial charge in [0.15, 0.2) is 0 Å². The van der Waals surface area contributed by atoms with E-state index in [9.17, 15) is 0 Å².